The zero-order valence-corrected chi connectivity index (χ0v) is 9.96. The van der Waals surface area contributed by atoms with Gasteiger partial charge in [-0.05, 0) is 12.1 Å². The number of pyridine rings is 1. The van der Waals surface area contributed by atoms with E-state index in [2.05, 4.69) is 4.98 Å². The Bertz CT molecular complexity index is 615. The molecule has 98 valence electrons. The Morgan fingerprint density at radius 3 is 2.58 bits per heavy atom. The molecule has 0 aliphatic rings. The van der Waals surface area contributed by atoms with Gasteiger partial charge in [-0.3, -0.25) is 0 Å². The number of methoxy groups -OCH3 is 1. The maximum absolute atomic E-state index is 13.4. The smallest absolute Gasteiger partial charge is 0.342 e. The molecular formula is C13H10FNO4. The first kappa shape index (κ1) is 12.8. The van der Waals surface area contributed by atoms with Crippen LogP contribution in [0, 0.1) is 5.82 Å². The number of carbonyl (C=O) groups is 1. The number of carboxylic acid groups (broad SMARTS) is 1. The van der Waals surface area contributed by atoms with Gasteiger partial charge in [-0.25, -0.2) is 9.18 Å². The minimum absolute atomic E-state index is 0.117. The molecule has 5 nitrogen and oxygen atoms in total. The van der Waals surface area contributed by atoms with E-state index in [1.807, 2.05) is 0 Å². The number of aromatic nitrogens is 1. The van der Waals surface area contributed by atoms with Crippen molar-refractivity contribution in [2.24, 2.45) is 0 Å². The van der Waals surface area contributed by atoms with Crippen LogP contribution in [0.5, 0.6) is 17.5 Å². The third-order valence-corrected chi connectivity index (χ3v) is 2.31. The molecule has 2 rings (SSSR count). The lowest BCUT2D eigenvalue weighted by Crippen LogP contribution is -2.04. The molecule has 2 aromatic rings. The second kappa shape index (κ2) is 5.34. The van der Waals surface area contributed by atoms with Crippen molar-refractivity contribution < 1.29 is 23.8 Å². The zero-order chi connectivity index (χ0) is 13.8. The molecule has 6 heteroatoms. The minimum Gasteiger partial charge on any atom is -0.481 e. The SMILES string of the molecule is COc1cccc(Oc2cccc(F)c2C(=O)O)n1. The standard InChI is InChI=1S/C13H10FNO4/c1-18-10-6-3-7-11(15-10)19-9-5-2-4-8(14)12(9)13(16)17/h2-7H,1H3,(H,16,17). The van der Waals surface area contributed by atoms with E-state index in [9.17, 15) is 9.18 Å². The second-order valence-electron chi connectivity index (χ2n) is 3.54. The van der Waals surface area contributed by atoms with Crippen LogP contribution in [0.3, 0.4) is 0 Å². The van der Waals surface area contributed by atoms with Gasteiger partial charge in [-0.2, -0.15) is 4.98 Å². The molecule has 0 bridgehead atoms. The number of halogens is 1. The van der Waals surface area contributed by atoms with Crippen LogP contribution in [0.2, 0.25) is 0 Å². The van der Waals surface area contributed by atoms with Gasteiger partial charge in [0.05, 0.1) is 7.11 Å². The number of aromatic carboxylic acids is 1. The maximum Gasteiger partial charge on any atom is 0.342 e. The summed E-state index contributed by atoms with van der Waals surface area (Å²) in [6.07, 6.45) is 0. The molecule has 0 aliphatic heterocycles. The van der Waals surface area contributed by atoms with Crippen LogP contribution in [0.25, 0.3) is 0 Å². The highest BCUT2D eigenvalue weighted by atomic mass is 19.1. The fourth-order valence-electron chi connectivity index (χ4n) is 1.48. The van der Waals surface area contributed by atoms with Crippen molar-refractivity contribution in [3.8, 4) is 17.5 Å². The van der Waals surface area contributed by atoms with E-state index in [0.717, 1.165) is 6.07 Å². The number of ether oxygens (including phenoxy) is 2. The van der Waals surface area contributed by atoms with Crippen molar-refractivity contribution in [3.63, 3.8) is 0 Å². The molecule has 0 amide bonds. The Morgan fingerprint density at radius 1 is 1.21 bits per heavy atom. The summed E-state index contributed by atoms with van der Waals surface area (Å²) in [7, 11) is 1.44. The Balaban J connectivity index is 2.38. The van der Waals surface area contributed by atoms with Crippen LogP contribution >= 0.6 is 0 Å². The molecule has 0 fully saturated rings. The lowest BCUT2D eigenvalue weighted by molar-refractivity contribution is 0.0689. The number of rotatable bonds is 4. The molecule has 0 aliphatic carbocycles. The first-order valence-electron chi connectivity index (χ1n) is 5.32. The van der Waals surface area contributed by atoms with Gasteiger partial charge in [-0.15, -0.1) is 0 Å². The van der Waals surface area contributed by atoms with Gasteiger partial charge < -0.3 is 14.6 Å². The van der Waals surface area contributed by atoms with Crippen molar-refractivity contribution >= 4 is 5.97 Å². The summed E-state index contributed by atoms with van der Waals surface area (Å²) in [6, 6.07) is 8.51. The Hall–Kier alpha value is -2.63. The van der Waals surface area contributed by atoms with Gasteiger partial charge in [0.15, 0.2) is 0 Å². The lowest BCUT2D eigenvalue weighted by atomic mass is 10.2. The Kier molecular flexibility index (Phi) is 3.61. The Labute approximate surface area is 108 Å². The third-order valence-electron chi connectivity index (χ3n) is 2.31. The first-order chi connectivity index (χ1) is 9.11. The average Bonchev–Trinajstić information content (AvgIpc) is 2.38. The van der Waals surface area contributed by atoms with Crippen LogP contribution in [-0.2, 0) is 0 Å². The van der Waals surface area contributed by atoms with E-state index in [0.29, 0.717) is 5.88 Å². The number of benzene rings is 1. The van der Waals surface area contributed by atoms with Crippen molar-refractivity contribution in [3.05, 3.63) is 47.8 Å². The van der Waals surface area contributed by atoms with Gasteiger partial charge in [0.1, 0.15) is 17.1 Å². The molecule has 19 heavy (non-hydrogen) atoms. The van der Waals surface area contributed by atoms with Crippen LogP contribution < -0.4 is 9.47 Å². The number of carboxylic acids is 1. The van der Waals surface area contributed by atoms with Gasteiger partial charge in [0.25, 0.3) is 0 Å². The molecule has 0 radical (unpaired) electrons. The van der Waals surface area contributed by atoms with Crippen molar-refractivity contribution in [1.29, 1.82) is 0 Å². The molecule has 0 saturated carbocycles. The van der Waals surface area contributed by atoms with Gasteiger partial charge in [0.2, 0.25) is 11.8 Å². The highest BCUT2D eigenvalue weighted by Gasteiger charge is 2.17. The molecule has 1 aromatic heterocycles. The van der Waals surface area contributed by atoms with E-state index in [-0.39, 0.29) is 11.6 Å². The van der Waals surface area contributed by atoms with Crippen LogP contribution in [0.15, 0.2) is 36.4 Å². The van der Waals surface area contributed by atoms with Crippen molar-refractivity contribution in [2.75, 3.05) is 7.11 Å². The summed E-state index contributed by atoms with van der Waals surface area (Å²) >= 11 is 0. The predicted molar refractivity (Wildman–Crippen MR) is 64.2 cm³/mol. The van der Waals surface area contributed by atoms with E-state index in [4.69, 9.17) is 14.6 Å². The molecule has 0 atom stereocenters. The highest BCUT2D eigenvalue weighted by molar-refractivity contribution is 5.91. The summed E-state index contributed by atoms with van der Waals surface area (Å²) in [6.45, 7) is 0. The molecular weight excluding hydrogens is 253 g/mol. The van der Waals surface area contributed by atoms with E-state index >= 15 is 0 Å². The van der Waals surface area contributed by atoms with E-state index in [1.54, 1.807) is 12.1 Å². The summed E-state index contributed by atoms with van der Waals surface area (Å²) < 4.78 is 23.6. The van der Waals surface area contributed by atoms with Crippen LogP contribution in [0.4, 0.5) is 4.39 Å². The largest absolute Gasteiger partial charge is 0.481 e. The first-order valence-corrected chi connectivity index (χ1v) is 5.32. The van der Waals surface area contributed by atoms with Gasteiger partial charge >= 0.3 is 5.97 Å². The summed E-state index contributed by atoms with van der Waals surface area (Å²) in [4.78, 5) is 14.9. The van der Waals surface area contributed by atoms with Crippen molar-refractivity contribution in [2.45, 2.75) is 0 Å². The summed E-state index contributed by atoms with van der Waals surface area (Å²) in [5.41, 5.74) is -0.535. The van der Waals surface area contributed by atoms with E-state index in [1.165, 1.54) is 25.3 Å². The maximum atomic E-state index is 13.4. The van der Waals surface area contributed by atoms with Crippen LogP contribution in [0.1, 0.15) is 10.4 Å². The quantitative estimate of drug-likeness (QED) is 0.918. The molecule has 1 heterocycles. The molecule has 1 aromatic carbocycles. The normalized spacial score (nSPS) is 10.0. The number of nitrogens with zero attached hydrogens (tertiary/aromatic N) is 1. The molecule has 0 saturated heterocycles. The zero-order valence-electron chi connectivity index (χ0n) is 9.96. The second-order valence-corrected chi connectivity index (χ2v) is 3.54. The number of hydrogen-bond donors (Lipinski definition) is 1. The van der Waals surface area contributed by atoms with Crippen LogP contribution in [-0.4, -0.2) is 23.2 Å². The van der Waals surface area contributed by atoms with E-state index < -0.39 is 17.3 Å². The summed E-state index contributed by atoms with van der Waals surface area (Å²) in [5, 5.41) is 8.96. The number of hydrogen-bond acceptors (Lipinski definition) is 4. The summed E-state index contributed by atoms with van der Waals surface area (Å²) in [5.74, 6) is -1.96. The fraction of sp³-hybridized carbons (Fsp3) is 0.0769. The molecule has 1 N–H and O–H groups in total. The Morgan fingerprint density at radius 2 is 1.89 bits per heavy atom. The topological polar surface area (TPSA) is 68.7 Å². The fourth-order valence-corrected chi connectivity index (χ4v) is 1.48. The lowest BCUT2D eigenvalue weighted by Gasteiger charge is -2.09. The van der Waals surface area contributed by atoms with Crippen molar-refractivity contribution in [1.82, 2.24) is 4.98 Å². The highest BCUT2D eigenvalue weighted by Crippen LogP contribution is 2.27. The third kappa shape index (κ3) is 2.79. The predicted octanol–water partition coefficient (Wildman–Crippen LogP) is 2.72. The minimum atomic E-state index is -1.41. The average molecular weight is 263 g/mol. The monoisotopic (exact) mass is 263 g/mol. The van der Waals surface area contributed by atoms with Gasteiger partial charge in [0, 0.05) is 12.1 Å². The molecule has 0 spiro atoms. The molecule has 0 unspecified atom stereocenters. The van der Waals surface area contributed by atoms with Gasteiger partial charge in [-0.1, -0.05) is 12.1 Å².